The Morgan fingerprint density at radius 1 is 1.33 bits per heavy atom. The summed E-state index contributed by atoms with van der Waals surface area (Å²) in [5.41, 5.74) is 1.07. The van der Waals surface area contributed by atoms with Gasteiger partial charge in [-0.15, -0.1) is 11.3 Å². The average molecular weight is 261 g/mol. The van der Waals surface area contributed by atoms with Crippen LogP contribution in [0.3, 0.4) is 0 Å². The molecule has 2 aromatic rings. The maximum Gasteiger partial charge on any atom is 0.133 e. The highest BCUT2D eigenvalue weighted by Crippen LogP contribution is 2.12. The fourth-order valence-corrected chi connectivity index (χ4v) is 2.38. The van der Waals surface area contributed by atoms with E-state index in [-0.39, 0.29) is 0 Å². The SMILES string of the molecule is CC(C)CNCc1ccnc(Cc2cccs2)n1. The molecule has 0 aliphatic rings. The van der Waals surface area contributed by atoms with Gasteiger partial charge < -0.3 is 5.32 Å². The van der Waals surface area contributed by atoms with Crippen molar-refractivity contribution in [3.8, 4) is 0 Å². The molecule has 4 heteroatoms. The number of rotatable bonds is 6. The van der Waals surface area contributed by atoms with Crippen molar-refractivity contribution in [2.75, 3.05) is 6.54 Å². The van der Waals surface area contributed by atoms with Crippen molar-refractivity contribution in [2.45, 2.75) is 26.8 Å². The van der Waals surface area contributed by atoms with E-state index in [1.165, 1.54) is 4.88 Å². The lowest BCUT2D eigenvalue weighted by molar-refractivity contribution is 0.547. The van der Waals surface area contributed by atoms with Gasteiger partial charge in [0.1, 0.15) is 5.82 Å². The van der Waals surface area contributed by atoms with Crippen LogP contribution >= 0.6 is 11.3 Å². The molecule has 0 aromatic carbocycles. The van der Waals surface area contributed by atoms with Gasteiger partial charge in [0.2, 0.25) is 0 Å². The Kier molecular flexibility index (Phi) is 4.84. The topological polar surface area (TPSA) is 37.8 Å². The molecule has 0 saturated heterocycles. The highest BCUT2D eigenvalue weighted by molar-refractivity contribution is 7.09. The molecule has 18 heavy (non-hydrogen) atoms. The van der Waals surface area contributed by atoms with Crippen molar-refractivity contribution < 1.29 is 0 Å². The van der Waals surface area contributed by atoms with E-state index in [0.29, 0.717) is 5.92 Å². The number of nitrogens with one attached hydrogen (secondary N) is 1. The molecule has 0 saturated carbocycles. The van der Waals surface area contributed by atoms with Crippen molar-refractivity contribution in [2.24, 2.45) is 5.92 Å². The van der Waals surface area contributed by atoms with E-state index >= 15 is 0 Å². The number of nitrogens with zero attached hydrogens (tertiary/aromatic N) is 2. The summed E-state index contributed by atoms with van der Waals surface area (Å²) in [6.07, 6.45) is 2.68. The average Bonchev–Trinajstić information content (AvgIpc) is 2.82. The van der Waals surface area contributed by atoms with Crippen molar-refractivity contribution in [1.29, 1.82) is 0 Å². The Bertz CT molecular complexity index is 466. The molecule has 0 unspecified atom stereocenters. The van der Waals surface area contributed by atoms with Gasteiger partial charge in [-0.05, 0) is 30.0 Å². The molecule has 0 amide bonds. The molecule has 3 nitrogen and oxygen atoms in total. The van der Waals surface area contributed by atoms with Gasteiger partial charge in [-0.2, -0.15) is 0 Å². The molecular formula is C14H19N3S. The van der Waals surface area contributed by atoms with Crippen LogP contribution in [0.5, 0.6) is 0 Å². The van der Waals surface area contributed by atoms with E-state index in [9.17, 15) is 0 Å². The van der Waals surface area contributed by atoms with E-state index in [1.807, 2.05) is 12.3 Å². The lowest BCUT2D eigenvalue weighted by Gasteiger charge is -2.07. The van der Waals surface area contributed by atoms with Crippen LogP contribution in [0.2, 0.25) is 0 Å². The van der Waals surface area contributed by atoms with Gasteiger partial charge in [-0.25, -0.2) is 9.97 Å². The van der Waals surface area contributed by atoms with Crippen LogP contribution in [-0.4, -0.2) is 16.5 Å². The van der Waals surface area contributed by atoms with Crippen LogP contribution in [-0.2, 0) is 13.0 Å². The standard InChI is InChI=1S/C14H19N3S/c1-11(2)9-15-10-12-5-6-16-14(17-12)8-13-4-3-7-18-13/h3-7,11,15H,8-10H2,1-2H3. The van der Waals surface area contributed by atoms with Crippen LogP contribution in [0.15, 0.2) is 29.8 Å². The molecule has 0 aliphatic heterocycles. The van der Waals surface area contributed by atoms with Crippen LogP contribution in [0.4, 0.5) is 0 Å². The Morgan fingerprint density at radius 3 is 2.94 bits per heavy atom. The first-order chi connectivity index (χ1) is 8.74. The van der Waals surface area contributed by atoms with Crippen molar-refractivity contribution in [3.63, 3.8) is 0 Å². The predicted molar refractivity (Wildman–Crippen MR) is 75.7 cm³/mol. The summed E-state index contributed by atoms with van der Waals surface area (Å²) < 4.78 is 0. The van der Waals surface area contributed by atoms with E-state index < -0.39 is 0 Å². The van der Waals surface area contributed by atoms with Gasteiger partial charge in [0, 0.05) is 24.0 Å². The summed E-state index contributed by atoms with van der Waals surface area (Å²) in [4.78, 5) is 10.2. The minimum Gasteiger partial charge on any atom is -0.311 e. The molecule has 2 rings (SSSR count). The van der Waals surface area contributed by atoms with Crippen LogP contribution < -0.4 is 5.32 Å². The Balaban J connectivity index is 1.92. The predicted octanol–water partition coefficient (Wildman–Crippen LogP) is 2.87. The summed E-state index contributed by atoms with van der Waals surface area (Å²) in [6, 6.07) is 6.16. The van der Waals surface area contributed by atoms with E-state index in [4.69, 9.17) is 0 Å². The van der Waals surface area contributed by atoms with Crippen LogP contribution in [0.25, 0.3) is 0 Å². The van der Waals surface area contributed by atoms with Crippen molar-refractivity contribution in [3.05, 3.63) is 46.2 Å². The van der Waals surface area contributed by atoms with Crippen molar-refractivity contribution >= 4 is 11.3 Å². The van der Waals surface area contributed by atoms with Gasteiger partial charge in [0.15, 0.2) is 0 Å². The second-order valence-corrected chi connectivity index (χ2v) is 5.78. The van der Waals surface area contributed by atoms with Crippen LogP contribution in [0.1, 0.15) is 30.2 Å². The smallest absolute Gasteiger partial charge is 0.133 e. The summed E-state index contributed by atoms with van der Waals surface area (Å²) >= 11 is 1.75. The molecule has 0 atom stereocenters. The highest BCUT2D eigenvalue weighted by Gasteiger charge is 2.02. The third-order valence-corrected chi connectivity index (χ3v) is 3.41. The molecule has 0 bridgehead atoms. The molecule has 1 N–H and O–H groups in total. The van der Waals surface area contributed by atoms with Crippen molar-refractivity contribution in [1.82, 2.24) is 15.3 Å². The van der Waals surface area contributed by atoms with E-state index in [1.54, 1.807) is 11.3 Å². The molecule has 2 aromatic heterocycles. The maximum atomic E-state index is 4.58. The Morgan fingerprint density at radius 2 is 2.22 bits per heavy atom. The summed E-state index contributed by atoms with van der Waals surface area (Å²) in [5, 5.41) is 5.49. The maximum absolute atomic E-state index is 4.58. The first-order valence-corrected chi connectivity index (χ1v) is 7.16. The minimum atomic E-state index is 0.664. The number of hydrogen-bond donors (Lipinski definition) is 1. The largest absolute Gasteiger partial charge is 0.311 e. The molecule has 0 radical (unpaired) electrons. The molecule has 0 aliphatic carbocycles. The van der Waals surface area contributed by atoms with E-state index in [0.717, 1.165) is 31.0 Å². The minimum absolute atomic E-state index is 0.664. The van der Waals surface area contributed by atoms with Gasteiger partial charge in [0.05, 0.1) is 5.69 Å². The monoisotopic (exact) mass is 261 g/mol. The zero-order valence-corrected chi connectivity index (χ0v) is 11.7. The van der Waals surface area contributed by atoms with Crippen LogP contribution in [0, 0.1) is 5.92 Å². The molecule has 96 valence electrons. The van der Waals surface area contributed by atoms with Gasteiger partial charge in [0.25, 0.3) is 0 Å². The summed E-state index contributed by atoms with van der Waals surface area (Å²) in [6.45, 7) is 6.24. The third-order valence-electron chi connectivity index (χ3n) is 2.53. The lowest BCUT2D eigenvalue weighted by atomic mass is 10.2. The first-order valence-electron chi connectivity index (χ1n) is 6.28. The second kappa shape index (κ2) is 6.61. The molecule has 2 heterocycles. The third kappa shape index (κ3) is 4.20. The Labute approximate surface area is 112 Å². The molecular weight excluding hydrogens is 242 g/mol. The fraction of sp³-hybridized carbons (Fsp3) is 0.429. The normalized spacial score (nSPS) is 11.1. The zero-order chi connectivity index (χ0) is 12.8. The summed E-state index contributed by atoms with van der Waals surface area (Å²) in [7, 11) is 0. The summed E-state index contributed by atoms with van der Waals surface area (Å²) in [5.74, 6) is 1.57. The Hall–Kier alpha value is -1.26. The number of aromatic nitrogens is 2. The second-order valence-electron chi connectivity index (χ2n) is 4.75. The highest BCUT2D eigenvalue weighted by atomic mass is 32.1. The van der Waals surface area contributed by atoms with Gasteiger partial charge in [-0.3, -0.25) is 0 Å². The zero-order valence-electron chi connectivity index (χ0n) is 10.9. The molecule has 0 fully saturated rings. The quantitative estimate of drug-likeness (QED) is 0.869. The van der Waals surface area contributed by atoms with E-state index in [2.05, 4.69) is 46.6 Å². The first kappa shape index (κ1) is 13.2. The number of hydrogen-bond acceptors (Lipinski definition) is 4. The fourth-order valence-electron chi connectivity index (χ4n) is 1.68. The molecule has 0 spiro atoms. The number of thiophene rings is 1. The lowest BCUT2D eigenvalue weighted by Crippen LogP contribution is -2.20. The van der Waals surface area contributed by atoms with Gasteiger partial charge in [-0.1, -0.05) is 19.9 Å². The van der Waals surface area contributed by atoms with Gasteiger partial charge >= 0.3 is 0 Å².